The van der Waals surface area contributed by atoms with Crippen LogP contribution in [0.1, 0.15) is 31.1 Å². The first kappa shape index (κ1) is 29.0. The third kappa shape index (κ3) is 7.55. The predicted molar refractivity (Wildman–Crippen MR) is 162 cm³/mol. The second-order valence-corrected chi connectivity index (χ2v) is 10.1. The fourth-order valence-corrected chi connectivity index (χ4v) is 4.28. The van der Waals surface area contributed by atoms with E-state index in [9.17, 15) is 0 Å². The minimum Gasteiger partial charge on any atom is -0.449 e. The Labute approximate surface area is 236 Å². The van der Waals surface area contributed by atoms with Crippen molar-refractivity contribution in [3.8, 4) is 5.95 Å². The van der Waals surface area contributed by atoms with Crippen molar-refractivity contribution in [3.05, 3.63) is 72.3 Å². The van der Waals surface area contributed by atoms with Crippen LogP contribution in [-0.4, -0.2) is 84.4 Å². The Bertz CT molecular complexity index is 1420. The highest BCUT2D eigenvalue weighted by atomic mass is 16.5. The summed E-state index contributed by atoms with van der Waals surface area (Å²) in [4.78, 5) is 18.3. The molecule has 0 saturated carbocycles. The van der Waals surface area contributed by atoms with Crippen LogP contribution in [0.2, 0.25) is 0 Å². The van der Waals surface area contributed by atoms with E-state index in [0.29, 0.717) is 60.6 Å². The Morgan fingerprint density at radius 1 is 1.25 bits per heavy atom. The number of anilines is 1. The quantitative estimate of drug-likeness (QED) is 0.205. The summed E-state index contributed by atoms with van der Waals surface area (Å²) in [7, 11) is 5.84. The van der Waals surface area contributed by atoms with E-state index in [1.54, 1.807) is 11.7 Å². The molecule has 0 unspecified atom stereocenters. The molecule has 0 atom stereocenters. The van der Waals surface area contributed by atoms with Gasteiger partial charge in [-0.2, -0.15) is 10.1 Å². The Kier molecular flexibility index (Phi) is 10.0. The smallest absolute Gasteiger partial charge is 0.253 e. The standard InChI is InChI=1S/C30H40N8O2/c1-6-9-22(2)10-7-8-11-23-20-33-38(21-23)30-34-26-19-27(25(31)18-24(32-3)12-13-36(4)5)40-28(26)29(35-30)37-14-16-39-17-15-37/h6-8,10,18-21H,1,9,11-17,31H2,2-5H3/b8-7-,22-10-,25-18?,32-24?. The van der Waals surface area contributed by atoms with Crippen LogP contribution in [0.15, 0.2) is 70.4 Å². The molecule has 0 radical (unpaired) electrons. The molecule has 1 aliphatic rings. The zero-order valence-corrected chi connectivity index (χ0v) is 24.0. The maximum absolute atomic E-state index is 6.47. The van der Waals surface area contributed by atoms with Crippen molar-refractivity contribution in [2.45, 2.75) is 26.2 Å². The monoisotopic (exact) mass is 544 g/mol. The summed E-state index contributed by atoms with van der Waals surface area (Å²) >= 11 is 0. The van der Waals surface area contributed by atoms with Gasteiger partial charge >= 0.3 is 0 Å². The third-order valence-electron chi connectivity index (χ3n) is 6.54. The number of nitrogens with two attached hydrogens (primary N) is 1. The molecule has 1 fully saturated rings. The van der Waals surface area contributed by atoms with E-state index in [4.69, 9.17) is 24.9 Å². The van der Waals surface area contributed by atoms with Gasteiger partial charge in [0.05, 0.1) is 25.1 Å². The van der Waals surface area contributed by atoms with Gasteiger partial charge < -0.3 is 24.7 Å². The Morgan fingerprint density at radius 2 is 2.05 bits per heavy atom. The van der Waals surface area contributed by atoms with Crippen molar-refractivity contribution in [2.24, 2.45) is 10.7 Å². The number of hydrogen-bond donors (Lipinski definition) is 1. The first-order valence-electron chi connectivity index (χ1n) is 13.6. The molecule has 0 aromatic carbocycles. The normalized spacial score (nSPS) is 15.6. The molecular weight excluding hydrogens is 504 g/mol. The Hall–Kier alpha value is -4.02. The lowest BCUT2D eigenvalue weighted by atomic mass is 10.2. The maximum atomic E-state index is 6.47. The fourth-order valence-electron chi connectivity index (χ4n) is 4.28. The first-order valence-corrected chi connectivity index (χ1v) is 13.6. The Balaban J connectivity index is 1.64. The molecule has 4 heterocycles. The summed E-state index contributed by atoms with van der Waals surface area (Å²) in [6.45, 7) is 9.41. The van der Waals surface area contributed by atoms with E-state index < -0.39 is 0 Å². The van der Waals surface area contributed by atoms with Gasteiger partial charge in [-0.25, -0.2) is 9.67 Å². The number of fused-ring (bicyclic) bond motifs is 1. The van der Waals surface area contributed by atoms with Crippen LogP contribution in [0.4, 0.5) is 5.82 Å². The largest absolute Gasteiger partial charge is 0.449 e. The second kappa shape index (κ2) is 13.9. The molecule has 0 amide bonds. The average Bonchev–Trinajstić information content (AvgIpc) is 3.61. The molecule has 10 heteroatoms. The number of allylic oxidation sites excluding steroid dienone is 6. The minimum atomic E-state index is 0.475. The SMILES string of the molecule is C=CC/C(C)=C\C=C/Cc1cnn(-c2nc(N3CCOCC3)c3oc(C(N)=CC(CCN(C)C)=NC)cc3n2)c1. The molecule has 10 nitrogen and oxygen atoms in total. The van der Waals surface area contributed by atoms with Gasteiger partial charge in [0, 0.05) is 51.1 Å². The zero-order chi connectivity index (χ0) is 28.5. The Morgan fingerprint density at radius 3 is 2.77 bits per heavy atom. The number of rotatable bonds is 12. The topological polar surface area (TPSA) is 111 Å². The van der Waals surface area contributed by atoms with Crippen LogP contribution in [0.3, 0.4) is 0 Å². The van der Waals surface area contributed by atoms with Crippen LogP contribution in [0.5, 0.6) is 0 Å². The second-order valence-electron chi connectivity index (χ2n) is 10.1. The van der Waals surface area contributed by atoms with Crippen molar-refractivity contribution < 1.29 is 9.15 Å². The molecule has 1 aliphatic heterocycles. The number of furan rings is 1. The molecule has 40 heavy (non-hydrogen) atoms. The summed E-state index contributed by atoms with van der Waals surface area (Å²) in [5, 5.41) is 4.55. The van der Waals surface area contributed by atoms with Gasteiger partial charge in [0.25, 0.3) is 5.95 Å². The summed E-state index contributed by atoms with van der Waals surface area (Å²) in [5.41, 5.74) is 11.5. The van der Waals surface area contributed by atoms with Crippen LogP contribution in [-0.2, 0) is 11.2 Å². The highest BCUT2D eigenvalue weighted by Gasteiger charge is 2.22. The molecule has 1 saturated heterocycles. The predicted octanol–water partition coefficient (Wildman–Crippen LogP) is 4.19. The summed E-state index contributed by atoms with van der Waals surface area (Å²) in [6.07, 6.45) is 16.3. The van der Waals surface area contributed by atoms with Gasteiger partial charge in [-0.3, -0.25) is 4.99 Å². The van der Waals surface area contributed by atoms with Crippen LogP contribution in [0, 0.1) is 0 Å². The number of aromatic nitrogens is 4. The van der Waals surface area contributed by atoms with Crippen molar-refractivity contribution in [2.75, 3.05) is 58.9 Å². The van der Waals surface area contributed by atoms with Crippen LogP contribution >= 0.6 is 0 Å². The minimum absolute atomic E-state index is 0.475. The molecule has 2 N–H and O–H groups in total. The van der Waals surface area contributed by atoms with Crippen molar-refractivity contribution in [3.63, 3.8) is 0 Å². The molecule has 4 rings (SSSR count). The first-order chi connectivity index (χ1) is 19.4. The zero-order valence-electron chi connectivity index (χ0n) is 24.0. The molecule has 3 aromatic rings. The van der Waals surface area contributed by atoms with Gasteiger partial charge in [0.15, 0.2) is 17.2 Å². The van der Waals surface area contributed by atoms with E-state index >= 15 is 0 Å². The van der Waals surface area contributed by atoms with Crippen LogP contribution in [0.25, 0.3) is 22.7 Å². The van der Waals surface area contributed by atoms with E-state index in [0.717, 1.165) is 37.1 Å². The lowest BCUT2D eigenvalue weighted by molar-refractivity contribution is 0.122. The van der Waals surface area contributed by atoms with Gasteiger partial charge in [0.2, 0.25) is 0 Å². The van der Waals surface area contributed by atoms with Gasteiger partial charge in [-0.15, -0.1) is 6.58 Å². The van der Waals surface area contributed by atoms with E-state index in [2.05, 4.69) is 51.6 Å². The van der Waals surface area contributed by atoms with E-state index in [-0.39, 0.29) is 0 Å². The van der Waals surface area contributed by atoms with E-state index in [1.807, 2.05) is 44.7 Å². The van der Waals surface area contributed by atoms with Gasteiger partial charge in [-0.1, -0.05) is 29.9 Å². The molecule has 0 bridgehead atoms. The number of ether oxygens (including phenoxy) is 1. The third-order valence-corrected chi connectivity index (χ3v) is 6.54. The van der Waals surface area contributed by atoms with E-state index in [1.165, 1.54) is 5.57 Å². The average molecular weight is 545 g/mol. The summed E-state index contributed by atoms with van der Waals surface area (Å²) < 4.78 is 13.5. The van der Waals surface area contributed by atoms with Crippen molar-refractivity contribution >= 4 is 28.3 Å². The van der Waals surface area contributed by atoms with Crippen molar-refractivity contribution in [1.29, 1.82) is 0 Å². The lowest BCUT2D eigenvalue weighted by Gasteiger charge is -2.27. The van der Waals surface area contributed by atoms with Gasteiger partial charge in [-0.05, 0) is 45.5 Å². The highest BCUT2D eigenvalue weighted by molar-refractivity contribution is 6.00. The fraction of sp³-hybridized carbons (Fsp3) is 0.400. The number of morpholine rings is 1. The molecule has 0 aliphatic carbocycles. The summed E-state index contributed by atoms with van der Waals surface area (Å²) in [5.74, 6) is 1.72. The molecule has 0 spiro atoms. The van der Waals surface area contributed by atoms with Crippen molar-refractivity contribution in [1.82, 2.24) is 24.6 Å². The number of aliphatic imine (C=N–C) groups is 1. The molecule has 212 valence electrons. The van der Waals surface area contributed by atoms with Crippen LogP contribution < -0.4 is 10.6 Å². The molecular formula is C30H40N8O2. The number of hydrogen-bond acceptors (Lipinski definition) is 9. The highest BCUT2D eigenvalue weighted by Crippen LogP contribution is 2.30. The number of nitrogens with zero attached hydrogens (tertiary/aromatic N) is 7. The lowest BCUT2D eigenvalue weighted by Crippen LogP contribution is -2.37. The van der Waals surface area contributed by atoms with Gasteiger partial charge in [0.1, 0.15) is 5.52 Å². The summed E-state index contributed by atoms with van der Waals surface area (Å²) in [6, 6.07) is 1.86. The maximum Gasteiger partial charge on any atom is 0.253 e. The molecule has 3 aromatic heterocycles.